The van der Waals surface area contributed by atoms with Gasteiger partial charge in [0.15, 0.2) is 0 Å². The first kappa shape index (κ1) is 19.4. The van der Waals surface area contributed by atoms with Crippen molar-refractivity contribution in [2.24, 2.45) is 29.1 Å². The van der Waals surface area contributed by atoms with Crippen molar-refractivity contribution < 1.29 is 10.2 Å². The molecule has 0 aromatic carbocycles. The average Bonchev–Trinajstić information content (AvgIpc) is 2.87. The third kappa shape index (κ3) is 2.88. The van der Waals surface area contributed by atoms with Crippen molar-refractivity contribution in [1.82, 2.24) is 0 Å². The van der Waals surface area contributed by atoms with Gasteiger partial charge in [0.05, 0.1) is 11.2 Å². The topological polar surface area (TPSA) is 40.5 Å². The molecule has 0 bridgehead atoms. The molecular weight excluding hydrogens is 432 g/mol. The molecule has 3 aliphatic carbocycles. The fourth-order valence-electron chi connectivity index (χ4n) is 5.99. The normalized spacial score (nSPS) is 53.8. The number of hydrogen-bond acceptors (Lipinski definition) is 2. The lowest BCUT2D eigenvalue weighted by atomic mass is 9.66. The van der Waals surface area contributed by atoms with Crippen LogP contribution in [-0.2, 0) is 0 Å². The van der Waals surface area contributed by atoms with Crippen molar-refractivity contribution in [2.45, 2.75) is 80.7 Å². The Hall–Kier alpha value is 0.620. The van der Waals surface area contributed by atoms with Crippen molar-refractivity contribution in [2.75, 3.05) is 0 Å². The van der Waals surface area contributed by atoms with Gasteiger partial charge in [-0.25, -0.2) is 0 Å². The Kier molecular flexibility index (Phi) is 4.90. The molecule has 8 atom stereocenters. The molecule has 1 unspecified atom stereocenters. The minimum absolute atomic E-state index is 0.126. The highest BCUT2D eigenvalue weighted by atomic mass is 79.9. The van der Waals surface area contributed by atoms with Crippen molar-refractivity contribution >= 4 is 31.9 Å². The summed E-state index contributed by atoms with van der Waals surface area (Å²) in [5, 5.41) is 21.3. The maximum atomic E-state index is 10.9. The Balaban J connectivity index is 1.83. The molecule has 0 spiro atoms. The average molecular weight is 464 g/mol. The Labute approximate surface area is 163 Å². The van der Waals surface area contributed by atoms with Crippen LogP contribution in [0, 0.1) is 29.1 Å². The van der Waals surface area contributed by atoms with Gasteiger partial charge in [-0.2, -0.15) is 0 Å². The number of hydrogen-bond donors (Lipinski definition) is 2. The molecule has 3 saturated carbocycles. The highest BCUT2D eigenvalue weighted by Crippen LogP contribution is 2.65. The fourth-order valence-corrected chi connectivity index (χ4v) is 8.63. The molecule has 0 radical (unpaired) electrons. The molecule has 24 heavy (non-hydrogen) atoms. The van der Waals surface area contributed by atoms with E-state index in [-0.39, 0.29) is 10.2 Å². The van der Waals surface area contributed by atoms with Gasteiger partial charge in [0.25, 0.3) is 0 Å². The van der Waals surface area contributed by atoms with Crippen LogP contribution in [-0.4, -0.2) is 31.1 Å². The van der Waals surface area contributed by atoms with Crippen molar-refractivity contribution in [3.63, 3.8) is 0 Å². The molecule has 0 amide bonds. The molecule has 4 heteroatoms. The molecule has 3 aliphatic rings. The lowest BCUT2D eigenvalue weighted by Crippen LogP contribution is -2.43. The molecule has 2 N–H and O–H groups in total. The zero-order valence-corrected chi connectivity index (χ0v) is 18.5. The van der Waals surface area contributed by atoms with Gasteiger partial charge in [-0.05, 0) is 69.1 Å². The Morgan fingerprint density at radius 2 is 1.58 bits per heavy atom. The SMILES string of the molecule is C=C([C@@H]1CC[C@](C)(O)[C@H](Br)C1)[C@H]1C(Br)[C@@H]2[C@@H](CC[C@]2(C)O)C1(C)C. The van der Waals surface area contributed by atoms with E-state index in [4.69, 9.17) is 0 Å². The quantitative estimate of drug-likeness (QED) is 0.444. The number of alkyl halides is 2. The van der Waals surface area contributed by atoms with E-state index in [0.717, 1.165) is 32.1 Å². The number of allylic oxidation sites excluding steroid dienone is 1. The van der Waals surface area contributed by atoms with Gasteiger partial charge in [0.1, 0.15) is 0 Å². The van der Waals surface area contributed by atoms with Gasteiger partial charge >= 0.3 is 0 Å². The predicted octanol–water partition coefficient (Wildman–Crippen LogP) is 5.05. The summed E-state index contributed by atoms with van der Waals surface area (Å²) in [6, 6.07) is 0. The maximum Gasteiger partial charge on any atom is 0.0744 e. The molecule has 0 aromatic heterocycles. The van der Waals surface area contributed by atoms with Crippen molar-refractivity contribution in [3.05, 3.63) is 12.2 Å². The van der Waals surface area contributed by atoms with Gasteiger partial charge < -0.3 is 10.2 Å². The molecule has 0 heterocycles. The van der Waals surface area contributed by atoms with Crippen LogP contribution in [0.5, 0.6) is 0 Å². The second kappa shape index (κ2) is 6.07. The summed E-state index contributed by atoms with van der Waals surface area (Å²) in [4.78, 5) is 0.417. The van der Waals surface area contributed by atoms with E-state index in [1.54, 1.807) is 0 Å². The van der Waals surface area contributed by atoms with Crippen LogP contribution < -0.4 is 0 Å². The van der Waals surface area contributed by atoms with Gasteiger partial charge in [0.2, 0.25) is 0 Å². The Morgan fingerprint density at radius 1 is 1.00 bits per heavy atom. The lowest BCUT2D eigenvalue weighted by molar-refractivity contribution is 0.0153. The summed E-state index contributed by atoms with van der Waals surface area (Å²) in [6.07, 6.45) is 4.78. The summed E-state index contributed by atoms with van der Waals surface area (Å²) < 4.78 is 0. The molecule has 3 fully saturated rings. The Bertz CT molecular complexity index is 526. The van der Waals surface area contributed by atoms with Crippen molar-refractivity contribution in [1.29, 1.82) is 0 Å². The first-order chi connectivity index (χ1) is 10.9. The van der Waals surface area contributed by atoms with Crippen LogP contribution in [0.25, 0.3) is 0 Å². The van der Waals surface area contributed by atoms with Crippen molar-refractivity contribution in [3.8, 4) is 0 Å². The van der Waals surface area contributed by atoms with Crippen LogP contribution in [0.2, 0.25) is 0 Å². The van der Waals surface area contributed by atoms with Gasteiger partial charge in [-0.15, -0.1) is 0 Å². The number of rotatable bonds is 2. The van der Waals surface area contributed by atoms with E-state index in [9.17, 15) is 10.2 Å². The zero-order valence-electron chi connectivity index (χ0n) is 15.4. The van der Waals surface area contributed by atoms with Crippen LogP contribution in [0.3, 0.4) is 0 Å². The molecule has 3 rings (SSSR count). The molecule has 138 valence electrons. The number of fused-ring (bicyclic) bond motifs is 1. The van der Waals surface area contributed by atoms with Gasteiger partial charge in [0, 0.05) is 15.6 Å². The minimum atomic E-state index is -0.615. The molecule has 2 nitrogen and oxygen atoms in total. The molecule has 0 saturated heterocycles. The number of halogens is 2. The maximum absolute atomic E-state index is 10.9. The first-order valence-electron chi connectivity index (χ1n) is 9.31. The second-order valence-corrected chi connectivity index (χ2v) is 11.8. The summed E-state index contributed by atoms with van der Waals surface area (Å²) in [6.45, 7) is 13.2. The lowest BCUT2D eigenvalue weighted by Gasteiger charge is -2.43. The van der Waals surface area contributed by atoms with E-state index < -0.39 is 11.2 Å². The van der Waals surface area contributed by atoms with E-state index in [0.29, 0.717) is 28.5 Å². The summed E-state index contributed by atoms with van der Waals surface area (Å²) >= 11 is 7.68. The molecule has 0 aromatic rings. The third-order valence-corrected chi connectivity index (χ3v) is 10.1. The number of aliphatic hydroxyl groups is 2. The van der Waals surface area contributed by atoms with Crippen LogP contribution in [0.15, 0.2) is 12.2 Å². The summed E-state index contributed by atoms with van der Waals surface area (Å²) in [7, 11) is 0. The van der Waals surface area contributed by atoms with E-state index in [1.807, 2.05) is 13.8 Å². The fraction of sp³-hybridized carbons (Fsp3) is 0.900. The molecular formula is C20H32Br2O2. The van der Waals surface area contributed by atoms with Crippen LogP contribution in [0.1, 0.15) is 59.8 Å². The smallest absolute Gasteiger partial charge is 0.0744 e. The largest absolute Gasteiger partial charge is 0.390 e. The van der Waals surface area contributed by atoms with E-state index in [1.165, 1.54) is 5.57 Å². The first-order valence-corrected chi connectivity index (χ1v) is 11.1. The predicted molar refractivity (Wildman–Crippen MR) is 107 cm³/mol. The summed E-state index contributed by atoms with van der Waals surface area (Å²) in [5.74, 6) is 1.68. The highest BCUT2D eigenvalue weighted by Gasteiger charge is 2.63. The van der Waals surface area contributed by atoms with Gasteiger partial charge in [-0.3, -0.25) is 0 Å². The Morgan fingerprint density at radius 3 is 2.12 bits per heavy atom. The van der Waals surface area contributed by atoms with Crippen LogP contribution >= 0.6 is 31.9 Å². The van der Waals surface area contributed by atoms with E-state index in [2.05, 4.69) is 52.3 Å². The summed E-state index contributed by atoms with van der Waals surface area (Å²) in [5.41, 5.74) is 0.292. The van der Waals surface area contributed by atoms with E-state index >= 15 is 0 Å². The van der Waals surface area contributed by atoms with Crippen LogP contribution in [0.4, 0.5) is 0 Å². The highest BCUT2D eigenvalue weighted by molar-refractivity contribution is 9.09. The molecule has 0 aliphatic heterocycles. The minimum Gasteiger partial charge on any atom is -0.390 e. The second-order valence-electron chi connectivity index (χ2n) is 9.64. The zero-order chi connectivity index (χ0) is 18.1. The van der Waals surface area contributed by atoms with Gasteiger partial charge in [-0.1, -0.05) is 57.9 Å². The third-order valence-electron chi connectivity index (χ3n) is 7.62. The standard InChI is InChI=1S/C20H32Br2O2/c1-11(12-6-8-19(4,23)14(21)10-12)15-17(22)16-13(18(15,2)3)7-9-20(16,5)24/h12-17,23-24H,1,6-10H2,2-5H3/t12-,13-,14-,15+,16+,17?,19+,20+/m1/s1. The monoisotopic (exact) mass is 462 g/mol.